The van der Waals surface area contributed by atoms with E-state index in [-0.39, 0.29) is 0 Å². The number of rotatable bonds is 8. The van der Waals surface area contributed by atoms with Crippen molar-refractivity contribution in [3.8, 4) is 0 Å². The van der Waals surface area contributed by atoms with Crippen molar-refractivity contribution >= 4 is 17.8 Å². The monoisotopic (exact) mass is 309 g/mol. The van der Waals surface area contributed by atoms with Crippen LogP contribution in [-0.2, 0) is 25.5 Å². The number of carbonyl (C=O) groups is 3. The van der Waals surface area contributed by atoms with Crippen LogP contribution < -0.4 is 16.6 Å². The Balaban J connectivity index is 2.57. The van der Waals surface area contributed by atoms with Gasteiger partial charge in [-0.25, -0.2) is 5.43 Å². The SMILES string of the molecule is COC(=O)[C@H](Cc1ccccc1)NNC(=O)C[C@H](N)C(=O)O. The molecule has 0 fully saturated rings. The minimum Gasteiger partial charge on any atom is -0.480 e. The summed E-state index contributed by atoms with van der Waals surface area (Å²) in [5, 5.41) is 8.63. The largest absolute Gasteiger partial charge is 0.480 e. The first kappa shape index (κ1) is 17.6. The number of aliphatic carboxylic acids is 1. The maximum absolute atomic E-state index is 11.7. The number of amides is 1. The van der Waals surface area contributed by atoms with Crippen molar-refractivity contribution in [2.75, 3.05) is 7.11 Å². The maximum atomic E-state index is 11.7. The highest BCUT2D eigenvalue weighted by molar-refractivity contribution is 5.84. The molecule has 8 heteroatoms. The average Bonchev–Trinajstić information content (AvgIpc) is 2.51. The molecule has 0 radical (unpaired) electrons. The second-order valence-corrected chi connectivity index (χ2v) is 4.61. The van der Waals surface area contributed by atoms with Gasteiger partial charge in [0.1, 0.15) is 12.1 Å². The Kier molecular flexibility index (Phi) is 7.00. The number of nitrogens with two attached hydrogens (primary N) is 1. The Labute approximate surface area is 127 Å². The quantitative estimate of drug-likeness (QED) is 0.365. The van der Waals surface area contributed by atoms with Gasteiger partial charge in [-0.15, -0.1) is 0 Å². The number of hydrogen-bond acceptors (Lipinski definition) is 6. The van der Waals surface area contributed by atoms with Crippen LogP contribution >= 0.6 is 0 Å². The first-order valence-electron chi connectivity index (χ1n) is 6.58. The Morgan fingerprint density at radius 3 is 2.45 bits per heavy atom. The van der Waals surface area contributed by atoms with Gasteiger partial charge in [0.15, 0.2) is 0 Å². The Hall–Kier alpha value is -2.45. The lowest BCUT2D eigenvalue weighted by atomic mass is 10.1. The highest BCUT2D eigenvalue weighted by Gasteiger charge is 2.21. The Morgan fingerprint density at radius 1 is 1.27 bits per heavy atom. The van der Waals surface area contributed by atoms with E-state index in [0.717, 1.165) is 5.56 Å². The number of ether oxygens (including phenoxy) is 1. The molecule has 0 bridgehead atoms. The van der Waals surface area contributed by atoms with Gasteiger partial charge in [0, 0.05) is 6.42 Å². The molecule has 22 heavy (non-hydrogen) atoms. The molecule has 0 unspecified atom stereocenters. The summed E-state index contributed by atoms with van der Waals surface area (Å²) >= 11 is 0. The van der Waals surface area contributed by atoms with E-state index in [1.807, 2.05) is 30.3 Å². The summed E-state index contributed by atoms with van der Waals surface area (Å²) in [4.78, 5) is 33.8. The smallest absolute Gasteiger partial charge is 0.325 e. The minimum atomic E-state index is -1.30. The van der Waals surface area contributed by atoms with Gasteiger partial charge in [0.2, 0.25) is 5.91 Å². The van der Waals surface area contributed by atoms with Crippen LogP contribution in [0, 0.1) is 0 Å². The van der Waals surface area contributed by atoms with Crippen molar-refractivity contribution in [3.05, 3.63) is 35.9 Å². The van der Waals surface area contributed by atoms with Crippen molar-refractivity contribution < 1.29 is 24.2 Å². The van der Waals surface area contributed by atoms with E-state index in [1.54, 1.807) is 0 Å². The van der Waals surface area contributed by atoms with Gasteiger partial charge in [-0.1, -0.05) is 30.3 Å². The van der Waals surface area contributed by atoms with Gasteiger partial charge < -0.3 is 15.6 Å². The van der Waals surface area contributed by atoms with Crippen LogP contribution in [0.1, 0.15) is 12.0 Å². The molecule has 1 aromatic rings. The van der Waals surface area contributed by atoms with Gasteiger partial charge in [0.25, 0.3) is 0 Å². The van der Waals surface area contributed by atoms with Crippen LogP contribution in [0.5, 0.6) is 0 Å². The van der Waals surface area contributed by atoms with Crippen molar-refractivity contribution in [2.24, 2.45) is 5.73 Å². The molecule has 0 spiro atoms. The number of hydrazine groups is 1. The molecule has 0 saturated carbocycles. The van der Waals surface area contributed by atoms with Crippen LogP contribution in [-0.4, -0.2) is 42.1 Å². The number of carboxylic acid groups (broad SMARTS) is 1. The van der Waals surface area contributed by atoms with Gasteiger partial charge in [-0.05, 0) is 5.56 Å². The van der Waals surface area contributed by atoms with Crippen LogP contribution in [0.4, 0.5) is 0 Å². The summed E-state index contributed by atoms with van der Waals surface area (Å²) in [6, 6.07) is 7.07. The molecule has 0 aliphatic carbocycles. The highest BCUT2D eigenvalue weighted by atomic mass is 16.5. The summed E-state index contributed by atoms with van der Waals surface area (Å²) in [7, 11) is 1.24. The van der Waals surface area contributed by atoms with Gasteiger partial charge in [-0.3, -0.25) is 19.8 Å². The number of carboxylic acids is 1. The van der Waals surface area contributed by atoms with E-state index in [9.17, 15) is 14.4 Å². The van der Waals surface area contributed by atoms with Gasteiger partial charge in [0.05, 0.1) is 13.5 Å². The molecule has 1 amide bonds. The molecule has 0 aromatic heterocycles. The Morgan fingerprint density at radius 2 is 1.91 bits per heavy atom. The summed E-state index contributed by atoms with van der Waals surface area (Å²) in [6.45, 7) is 0. The topological polar surface area (TPSA) is 131 Å². The van der Waals surface area contributed by atoms with E-state index >= 15 is 0 Å². The van der Waals surface area contributed by atoms with Gasteiger partial charge >= 0.3 is 11.9 Å². The molecular formula is C14H19N3O5. The molecule has 0 heterocycles. The normalized spacial score (nSPS) is 13.0. The third-order valence-corrected chi connectivity index (χ3v) is 2.88. The van der Waals surface area contributed by atoms with Crippen molar-refractivity contribution in [3.63, 3.8) is 0 Å². The molecule has 5 N–H and O–H groups in total. The molecule has 2 atom stereocenters. The van der Waals surface area contributed by atoms with Crippen LogP contribution in [0.3, 0.4) is 0 Å². The third kappa shape index (κ3) is 5.90. The number of esters is 1. The summed E-state index contributed by atoms with van der Waals surface area (Å²) < 4.78 is 4.66. The third-order valence-electron chi connectivity index (χ3n) is 2.88. The lowest BCUT2D eigenvalue weighted by Gasteiger charge is -2.17. The lowest BCUT2D eigenvalue weighted by molar-refractivity contribution is -0.144. The van der Waals surface area contributed by atoms with Crippen molar-refractivity contribution in [1.29, 1.82) is 0 Å². The second kappa shape index (κ2) is 8.75. The predicted molar refractivity (Wildman–Crippen MR) is 77.5 cm³/mol. The minimum absolute atomic E-state index is 0.304. The molecular weight excluding hydrogens is 290 g/mol. The molecule has 120 valence electrons. The molecule has 0 aliphatic rings. The van der Waals surface area contributed by atoms with Gasteiger partial charge in [-0.2, -0.15) is 0 Å². The first-order chi connectivity index (χ1) is 10.4. The van der Waals surface area contributed by atoms with Crippen LogP contribution in [0.15, 0.2) is 30.3 Å². The average molecular weight is 309 g/mol. The number of carbonyl (C=O) groups excluding carboxylic acids is 2. The molecule has 1 rings (SSSR count). The first-order valence-corrected chi connectivity index (χ1v) is 6.58. The van der Waals surface area contributed by atoms with E-state index in [1.165, 1.54) is 7.11 Å². The zero-order chi connectivity index (χ0) is 16.5. The fraction of sp³-hybridized carbons (Fsp3) is 0.357. The van der Waals surface area contributed by atoms with Crippen molar-refractivity contribution in [1.82, 2.24) is 10.9 Å². The van der Waals surface area contributed by atoms with Crippen LogP contribution in [0.25, 0.3) is 0 Å². The predicted octanol–water partition coefficient (Wildman–Crippen LogP) is -0.806. The molecule has 8 nitrogen and oxygen atoms in total. The Bertz CT molecular complexity index is 520. The van der Waals surface area contributed by atoms with E-state index in [0.29, 0.717) is 6.42 Å². The molecule has 0 saturated heterocycles. The second-order valence-electron chi connectivity index (χ2n) is 4.61. The highest BCUT2D eigenvalue weighted by Crippen LogP contribution is 2.04. The molecule has 1 aromatic carbocycles. The van der Waals surface area contributed by atoms with Crippen LogP contribution in [0.2, 0.25) is 0 Å². The maximum Gasteiger partial charge on any atom is 0.325 e. The standard InChI is InChI=1S/C14H19N3O5/c1-22-14(21)11(7-9-5-3-2-4-6-9)16-17-12(18)8-10(15)13(19)20/h2-6,10-11,16H,7-8,15H2,1H3,(H,17,18)(H,19,20)/t10-,11-/m0/s1. The fourth-order valence-electron chi connectivity index (χ4n) is 1.69. The van der Waals surface area contributed by atoms with E-state index in [4.69, 9.17) is 10.8 Å². The number of methoxy groups -OCH3 is 1. The summed E-state index contributed by atoms with van der Waals surface area (Å²) in [5.74, 6) is -2.45. The van der Waals surface area contributed by atoms with E-state index < -0.39 is 36.4 Å². The number of hydrogen-bond donors (Lipinski definition) is 4. The molecule has 0 aliphatic heterocycles. The van der Waals surface area contributed by atoms with Crippen molar-refractivity contribution in [2.45, 2.75) is 24.9 Å². The zero-order valence-corrected chi connectivity index (χ0v) is 12.1. The number of benzene rings is 1. The summed E-state index contributed by atoms with van der Waals surface area (Å²) in [6.07, 6.45) is -0.0969. The zero-order valence-electron chi connectivity index (χ0n) is 12.1. The summed E-state index contributed by atoms with van der Waals surface area (Å²) in [5.41, 5.74) is 10.9. The fourth-order valence-corrected chi connectivity index (χ4v) is 1.69. The number of nitrogens with one attached hydrogen (secondary N) is 2. The lowest BCUT2D eigenvalue weighted by Crippen LogP contribution is -2.51. The van der Waals surface area contributed by atoms with E-state index in [2.05, 4.69) is 15.6 Å².